The largest absolute Gasteiger partial charge is 1.10 e. The summed E-state index contributed by atoms with van der Waals surface area (Å²) in [7, 11) is 0. The average molecular weight is 370 g/mol. The summed E-state index contributed by atoms with van der Waals surface area (Å²) in [6.07, 6.45) is 0.0487. The highest BCUT2D eigenvalue weighted by Crippen LogP contribution is 2.47. The van der Waals surface area contributed by atoms with Crippen molar-refractivity contribution in [2.45, 2.75) is 20.0 Å². The van der Waals surface area contributed by atoms with Crippen LogP contribution in [0.1, 0.15) is 13.8 Å². The summed E-state index contributed by atoms with van der Waals surface area (Å²) in [6.45, 7) is 4.01. The monoisotopic (exact) mass is 370 g/mol. The molecule has 0 spiro atoms. The number of fused-ring (bicyclic) bond motifs is 7. The zero-order valence-corrected chi connectivity index (χ0v) is 16.5. The Labute approximate surface area is 163 Å². The second-order valence-electron chi connectivity index (χ2n) is 7.03. The van der Waals surface area contributed by atoms with E-state index in [4.69, 9.17) is 11.4 Å². The van der Waals surface area contributed by atoms with Gasteiger partial charge in [0, 0.05) is 17.2 Å². The minimum absolute atomic E-state index is 0.0487. The zero-order chi connectivity index (χ0) is 18.4. The summed E-state index contributed by atoms with van der Waals surface area (Å²) >= 11 is -2.36. The van der Waals surface area contributed by atoms with E-state index in [2.05, 4.69) is 60.7 Å². The van der Waals surface area contributed by atoms with Gasteiger partial charge in [0.25, 0.3) is 0 Å². The maximum absolute atomic E-state index is 6.30. The van der Waals surface area contributed by atoms with Crippen molar-refractivity contribution < 1.29 is 11.4 Å². The van der Waals surface area contributed by atoms with Crippen LogP contribution < -0.4 is 7.58 Å². The molecular formula is C23H19AlO3. The van der Waals surface area contributed by atoms with E-state index in [0.29, 0.717) is 0 Å². The van der Waals surface area contributed by atoms with Gasteiger partial charge in [0.2, 0.25) is 0 Å². The van der Waals surface area contributed by atoms with Gasteiger partial charge < -0.3 is 11.4 Å². The van der Waals surface area contributed by atoms with Crippen LogP contribution in [0, 0.1) is 0 Å². The fourth-order valence-corrected chi connectivity index (χ4v) is 5.14. The normalized spacial score (nSPS) is 13.1. The Bertz CT molecular complexity index is 1070. The molecule has 0 atom stereocenters. The molecule has 0 saturated carbocycles. The first-order valence-corrected chi connectivity index (χ1v) is 10.6. The maximum atomic E-state index is 6.30. The second kappa shape index (κ2) is 6.58. The zero-order valence-electron chi connectivity index (χ0n) is 15.3. The molecule has 0 amide bonds. The van der Waals surface area contributed by atoms with E-state index >= 15 is 0 Å². The number of hydrogen-bond acceptors (Lipinski definition) is 3. The van der Waals surface area contributed by atoms with Crippen molar-refractivity contribution in [1.82, 2.24) is 0 Å². The highest BCUT2D eigenvalue weighted by atomic mass is 27.3. The molecule has 1 heterocycles. The van der Waals surface area contributed by atoms with Crippen molar-refractivity contribution in [3.8, 4) is 22.6 Å². The molecule has 3 nitrogen and oxygen atoms in total. The van der Waals surface area contributed by atoms with Crippen molar-refractivity contribution in [3.05, 3.63) is 72.8 Å². The maximum Gasteiger partial charge on any atom is 1.10 e. The smallest absolute Gasteiger partial charge is 0.588 e. The summed E-state index contributed by atoms with van der Waals surface area (Å²) in [6, 6.07) is 25.1. The van der Waals surface area contributed by atoms with Crippen molar-refractivity contribution >= 4 is 36.7 Å². The van der Waals surface area contributed by atoms with Gasteiger partial charge in [0.05, 0.1) is 11.5 Å². The summed E-state index contributed by atoms with van der Waals surface area (Å²) < 4.78 is 18.6. The van der Waals surface area contributed by atoms with Crippen molar-refractivity contribution in [3.63, 3.8) is 0 Å². The van der Waals surface area contributed by atoms with Crippen LogP contribution in [-0.4, -0.2) is 21.3 Å². The summed E-state index contributed by atoms with van der Waals surface area (Å²) in [5.74, 6) is 1.67. The predicted molar refractivity (Wildman–Crippen MR) is 110 cm³/mol. The van der Waals surface area contributed by atoms with Gasteiger partial charge in [-0.3, -0.25) is 0 Å². The van der Waals surface area contributed by atoms with Crippen molar-refractivity contribution in [1.29, 1.82) is 0 Å². The van der Waals surface area contributed by atoms with Crippen LogP contribution in [0.2, 0.25) is 0 Å². The molecule has 5 rings (SSSR count). The molecular weight excluding hydrogens is 351 g/mol. The van der Waals surface area contributed by atoms with Crippen molar-refractivity contribution in [2.24, 2.45) is 0 Å². The van der Waals surface area contributed by atoms with Crippen LogP contribution in [0.3, 0.4) is 0 Å². The lowest BCUT2D eigenvalue weighted by molar-refractivity contribution is 0.156. The number of hydrogen-bond donors (Lipinski definition) is 0. The molecule has 27 heavy (non-hydrogen) atoms. The molecule has 0 unspecified atom stereocenters. The molecule has 4 aromatic rings. The van der Waals surface area contributed by atoms with E-state index < -0.39 is 15.1 Å². The van der Waals surface area contributed by atoms with Crippen LogP contribution >= 0.6 is 0 Å². The molecule has 4 aromatic carbocycles. The Balaban J connectivity index is 1.87. The van der Waals surface area contributed by atoms with E-state index in [0.717, 1.165) is 33.4 Å². The van der Waals surface area contributed by atoms with Gasteiger partial charge in [0.1, 0.15) is 0 Å². The molecule has 1 aliphatic heterocycles. The van der Waals surface area contributed by atoms with Crippen LogP contribution in [0.4, 0.5) is 0 Å². The van der Waals surface area contributed by atoms with Gasteiger partial charge >= 0.3 is 15.1 Å². The quantitative estimate of drug-likeness (QED) is 0.415. The standard InChI is InChI=1S/C20H14O2.C3H7O.Al/c21-17-11-9-13-5-1-3-7-15(13)19(17)20-16-8-4-2-6-14(16)10-12-18(20)22;1-3(2)4;/h1-12,21-22H;3H,1-2H3;/q;-1;+3/p-2. The van der Waals surface area contributed by atoms with Crippen molar-refractivity contribution in [2.75, 3.05) is 0 Å². The Kier molecular flexibility index (Phi) is 4.06. The Morgan fingerprint density at radius 1 is 0.667 bits per heavy atom. The molecule has 0 bridgehead atoms. The first kappa shape index (κ1) is 16.7. The lowest BCUT2D eigenvalue weighted by Crippen LogP contribution is -2.35. The molecule has 0 radical (unpaired) electrons. The highest BCUT2D eigenvalue weighted by molar-refractivity contribution is 6.39. The molecule has 0 aromatic heterocycles. The minimum Gasteiger partial charge on any atom is -0.588 e. The third-order valence-corrected chi connectivity index (χ3v) is 6.52. The number of benzene rings is 4. The lowest BCUT2D eigenvalue weighted by Gasteiger charge is -2.15. The van der Waals surface area contributed by atoms with Crippen LogP contribution in [-0.2, 0) is 3.79 Å². The summed E-state index contributed by atoms with van der Waals surface area (Å²) in [5.41, 5.74) is 2.17. The molecule has 0 aliphatic carbocycles. The van der Waals surface area contributed by atoms with Crippen LogP contribution in [0.5, 0.6) is 11.5 Å². The van der Waals surface area contributed by atoms with E-state index in [9.17, 15) is 0 Å². The van der Waals surface area contributed by atoms with Gasteiger partial charge in [-0.15, -0.1) is 0 Å². The molecule has 4 heteroatoms. The van der Waals surface area contributed by atoms with E-state index in [-0.39, 0.29) is 6.10 Å². The van der Waals surface area contributed by atoms with Gasteiger partial charge in [-0.05, 0) is 47.5 Å². The second-order valence-corrected chi connectivity index (χ2v) is 8.35. The van der Waals surface area contributed by atoms with E-state index in [1.165, 1.54) is 10.8 Å². The minimum atomic E-state index is -2.36. The fraction of sp³-hybridized carbons (Fsp3) is 0.130. The van der Waals surface area contributed by atoms with E-state index in [1.807, 2.05) is 26.0 Å². The Morgan fingerprint density at radius 3 is 1.63 bits per heavy atom. The Hall–Kier alpha value is -2.51. The highest BCUT2D eigenvalue weighted by Gasteiger charge is 2.44. The third-order valence-electron chi connectivity index (χ3n) is 4.86. The lowest BCUT2D eigenvalue weighted by atomic mass is 9.92. The topological polar surface area (TPSA) is 27.7 Å². The molecule has 0 fully saturated rings. The molecule has 0 saturated heterocycles. The Morgan fingerprint density at radius 2 is 1.15 bits per heavy atom. The van der Waals surface area contributed by atoms with Gasteiger partial charge in [0.15, 0.2) is 0 Å². The van der Waals surface area contributed by atoms with Gasteiger partial charge in [-0.2, -0.15) is 0 Å². The first-order chi connectivity index (χ1) is 13.2. The van der Waals surface area contributed by atoms with E-state index in [1.54, 1.807) is 0 Å². The predicted octanol–water partition coefficient (Wildman–Crippen LogP) is 5.84. The SMILES string of the molecule is CC(C)[O][Al]1[O]c2ccc3ccccc3c2-c2c(ccc3ccccc23)[O]1. The van der Waals surface area contributed by atoms with Gasteiger partial charge in [-0.1, -0.05) is 60.7 Å². The first-order valence-electron chi connectivity index (χ1n) is 9.23. The fourth-order valence-electron chi connectivity index (χ4n) is 3.72. The van der Waals surface area contributed by atoms with Gasteiger partial charge in [-0.25, -0.2) is 0 Å². The van der Waals surface area contributed by atoms with Crippen LogP contribution in [0.15, 0.2) is 72.8 Å². The summed E-state index contributed by atoms with van der Waals surface area (Å²) in [5, 5.41) is 4.69. The molecule has 1 aliphatic rings. The third kappa shape index (κ3) is 2.87. The number of rotatable bonds is 2. The average Bonchev–Trinajstić information content (AvgIpc) is 2.83. The molecule has 0 N–H and O–H groups in total. The van der Waals surface area contributed by atoms with Crippen LogP contribution in [0.25, 0.3) is 32.7 Å². The molecule has 132 valence electrons. The summed E-state index contributed by atoms with van der Waals surface area (Å²) in [4.78, 5) is 0.